The first-order valence-corrected chi connectivity index (χ1v) is 8.76. The zero-order chi connectivity index (χ0) is 18.0. The van der Waals surface area contributed by atoms with Gasteiger partial charge in [-0.3, -0.25) is 4.79 Å². The van der Waals surface area contributed by atoms with Crippen molar-refractivity contribution in [1.29, 1.82) is 0 Å². The Labute approximate surface area is 156 Å². The van der Waals surface area contributed by atoms with Crippen LogP contribution in [0.15, 0.2) is 42.7 Å². The summed E-state index contributed by atoms with van der Waals surface area (Å²) >= 11 is 12.1. The van der Waals surface area contributed by atoms with Gasteiger partial charge in [-0.05, 0) is 31.5 Å². The van der Waals surface area contributed by atoms with E-state index in [0.29, 0.717) is 34.4 Å². The molecule has 0 unspecified atom stereocenters. The highest BCUT2D eigenvalue weighted by atomic mass is 35.5. The summed E-state index contributed by atoms with van der Waals surface area (Å²) in [6, 6.07) is 5.12. The third-order valence-corrected chi connectivity index (χ3v) is 4.76. The molecule has 1 amide bonds. The van der Waals surface area contributed by atoms with Crippen LogP contribution in [0.4, 0.5) is 0 Å². The summed E-state index contributed by atoms with van der Waals surface area (Å²) < 4.78 is 7.22. The lowest BCUT2D eigenvalue weighted by molar-refractivity contribution is 0.0926. The van der Waals surface area contributed by atoms with Crippen LogP contribution in [-0.2, 0) is 4.74 Å². The van der Waals surface area contributed by atoms with Gasteiger partial charge in [-0.2, -0.15) is 5.10 Å². The van der Waals surface area contributed by atoms with Crippen molar-refractivity contribution >= 4 is 29.1 Å². The van der Waals surface area contributed by atoms with E-state index in [4.69, 9.17) is 27.9 Å². The van der Waals surface area contributed by atoms with E-state index in [2.05, 4.69) is 17.0 Å². The van der Waals surface area contributed by atoms with E-state index in [9.17, 15) is 4.79 Å². The molecule has 1 saturated heterocycles. The van der Waals surface area contributed by atoms with Crippen molar-refractivity contribution in [1.82, 2.24) is 15.1 Å². The van der Waals surface area contributed by atoms with E-state index in [-0.39, 0.29) is 17.9 Å². The maximum atomic E-state index is 12.4. The van der Waals surface area contributed by atoms with Crippen LogP contribution in [0.3, 0.4) is 0 Å². The molecule has 25 heavy (non-hydrogen) atoms. The lowest BCUT2D eigenvalue weighted by Gasteiger charge is -2.18. The Bertz CT molecular complexity index is 803. The van der Waals surface area contributed by atoms with Gasteiger partial charge in [0.2, 0.25) is 0 Å². The Morgan fingerprint density at radius 2 is 2.28 bits per heavy atom. The summed E-state index contributed by atoms with van der Waals surface area (Å²) in [5.41, 5.74) is 2.12. The summed E-state index contributed by atoms with van der Waals surface area (Å²) in [6.45, 7) is 7.14. The van der Waals surface area contributed by atoms with E-state index in [1.165, 1.54) is 6.20 Å². The van der Waals surface area contributed by atoms with Crippen molar-refractivity contribution in [3.8, 4) is 5.69 Å². The third-order valence-electron chi connectivity index (χ3n) is 4.23. The predicted octanol–water partition coefficient (Wildman–Crippen LogP) is 3.89. The number of halogens is 2. The Hall–Kier alpha value is -1.82. The number of amides is 1. The molecule has 3 rings (SSSR count). The first-order chi connectivity index (χ1) is 12.0. The van der Waals surface area contributed by atoms with Gasteiger partial charge in [0.1, 0.15) is 0 Å². The monoisotopic (exact) mass is 379 g/mol. The van der Waals surface area contributed by atoms with Crippen molar-refractivity contribution in [2.24, 2.45) is 5.92 Å². The molecule has 0 bridgehead atoms. The van der Waals surface area contributed by atoms with Gasteiger partial charge < -0.3 is 10.1 Å². The van der Waals surface area contributed by atoms with Crippen LogP contribution < -0.4 is 5.32 Å². The molecule has 0 saturated carbocycles. The van der Waals surface area contributed by atoms with E-state index < -0.39 is 0 Å². The standard InChI is InChI=1S/C18H19Cl2N3O2/c1-11(2)17-12(5-6-25-17)8-21-18(24)13-9-22-23(10-13)16-4-3-14(19)7-15(16)20/h3-4,7,9-10,12,17H,1,5-6,8H2,2H3,(H,21,24)/t12-,17+/m1/s1. The van der Waals surface area contributed by atoms with Crippen LogP contribution >= 0.6 is 23.2 Å². The van der Waals surface area contributed by atoms with E-state index in [1.54, 1.807) is 29.1 Å². The quantitative estimate of drug-likeness (QED) is 0.801. The number of benzene rings is 1. The summed E-state index contributed by atoms with van der Waals surface area (Å²) in [5.74, 6) is 0.0749. The highest BCUT2D eigenvalue weighted by Gasteiger charge is 2.29. The average Bonchev–Trinajstić information content (AvgIpc) is 3.22. The number of ether oxygens (including phenoxy) is 1. The van der Waals surface area contributed by atoms with Gasteiger partial charge in [0.05, 0.1) is 28.6 Å². The highest BCUT2D eigenvalue weighted by Crippen LogP contribution is 2.26. The summed E-state index contributed by atoms with van der Waals surface area (Å²) in [5, 5.41) is 8.17. The fourth-order valence-corrected chi connectivity index (χ4v) is 3.45. The molecule has 1 fully saturated rings. The van der Waals surface area contributed by atoms with Gasteiger partial charge in [0.15, 0.2) is 0 Å². The molecule has 0 aliphatic carbocycles. The summed E-state index contributed by atoms with van der Waals surface area (Å²) in [7, 11) is 0. The molecule has 2 aromatic rings. The number of nitrogens with one attached hydrogen (secondary N) is 1. The van der Waals surface area contributed by atoms with Gasteiger partial charge in [-0.15, -0.1) is 0 Å². The molecule has 2 heterocycles. The fourth-order valence-electron chi connectivity index (χ4n) is 2.95. The molecule has 1 N–H and O–H groups in total. The maximum absolute atomic E-state index is 12.4. The first-order valence-electron chi connectivity index (χ1n) is 8.01. The minimum atomic E-state index is -0.177. The van der Waals surface area contributed by atoms with Gasteiger partial charge in [-0.25, -0.2) is 4.68 Å². The molecule has 1 aromatic carbocycles. The lowest BCUT2D eigenvalue weighted by Crippen LogP contribution is -2.33. The van der Waals surface area contributed by atoms with Crippen LogP contribution in [0.25, 0.3) is 5.69 Å². The Morgan fingerprint density at radius 3 is 3.00 bits per heavy atom. The van der Waals surface area contributed by atoms with Crippen LogP contribution in [0.2, 0.25) is 10.0 Å². The van der Waals surface area contributed by atoms with Crippen LogP contribution in [0, 0.1) is 5.92 Å². The first kappa shape index (κ1) is 18.0. The van der Waals surface area contributed by atoms with Crippen LogP contribution in [-0.4, -0.2) is 34.9 Å². The van der Waals surface area contributed by atoms with Crippen molar-refractivity contribution in [2.75, 3.05) is 13.2 Å². The number of carbonyl (C=O) groups is 1. The molecule has 1 aromatic heterocycles. The van der Waals surface area contributed by atoms with Gasteiger partial charge in [0, 0.05) is 30.3 Å². The average molecular weight is 380 g/mol. The number of rotatable bonds is 5. The summed E-state index contributed by atoms with van der Waals surface area (Å²) in [4.78, 5) is 12.4. The SMILES string of the molecule is C=C(C)[C@@H]1OCC[C@@H]1CNC(=O)c1cnn(-c2ccc(Cl)cc2Cl)c1. The molecule has 1 aliphatic rings. The topological polar surface area (TPSA) is 56.1 Å². The molecular weight excluding hydrogens is 361 g/mol. The predicted molar refractivity (Wildman–Crippen MR) is 98.6 cm³/mol. The van der Waals surface area contributed by atoms with Crippen LogP contribution in [0.1, 0.15) is 23.7 Å². The normalized spacial score (nSPS) is 19.8. The molecule has 1 aliphatic heterocycles. The second kappa shape index (κ2) is 7.60. The van der Waals surface area contributed by atoms with Gasteiger partial charge >= 0.3 is 0 Å². The third kappa shape index (κ3) is 4.06. The number of carbonyl (C=O) groups excluding carboxylic acids is 1. The number of nitrogens with zero attached hydrogens (tertiary/aromatic N) is 2. The highest BCUT2D eigenvalue weighted by molar-refractivity contribution is 6.35. The van der Waals surface area contributed by atoms with Crippen LogP contribution in [0.5, 0.6) is 0 Å². The maximum Gasteiger partial charge on any atom is 0.254 e. The van der Waals surface area contributed by atoms with Gasteiger partial charge in [-0.1, -0.05) is 35.4 Å². The number of hydrogen-bond acceptors (Lipinski definition) is 3. The molecule has 132 valence electrons. The molecule has 2 atom stereocenters. The molecule has 7 heteroatoms. The van der Waals surface area contributed by atoms with Crippen molar-refractivity contribution in [3.63, 3.8) is 0 Å². The smallest absolute Gasteiger partial charge is 0.254 e. The zero-order valence-corrected chi connectivity index (χ0v) is 15.3. The largest absolute Gasteiger partial charge is 0.374 e. The van der Waals surface area contributed by atoms with Gasteiger partial charge in [0.25, 0.3) is 5.91 Å². The summed E-state index contributed by atoms with van der Waals surface area (Å²) in [6.07, 6.45) is 4.08. The Balaban J connectivity index is 1.66. The molecular formula is C18H19Cl2N3O2. The number of hydrogen-bond donors (Lipinski definition) is 1. The zero-order valence-electron chi connectivity index (χ0n) is 13.8. The Morgan fingerprint density at radius 1 is 1.48 bits per heavy atom. The molecule has 5 nitrogen and oxygen atoms in total. The molecule has 0 radical (unpaired) electrons. The molecule has 0 spiro atoms. The lowest BCUT2D eigenvalue weighted by atomic mass is 9.97. The fraction of sp³-hybridized carbons (Fsp3) is 0.333. The van der Waals surface area contributed by atoms with E-state index >= 15 is 0 Å². The Kier molecular flexibility index (Phi) is 5.47. The minimum Gasteiger partial charge on any atom is -0.374 e. The van der Waals surface area contributed by atoms with Crippen molar-refractivity contribution in [3.05, 3.63) is 58.4 Å². The van der Waals surface area contributed by atoms with E-state index in [0.717, 1.165) is 12.0 Å². The minimum absolute atomic E-state index is 0.0101. The van der Waals surface area contributed by atoms with Crippen molar-refractivity contribution < 1.29 is 9.53 Å². The second-order valence-corrected chi connectivity index (χ2v) is 7.01. The van der Waals surface area contributed by atoms with E-state index in [1.807, 2.05) is 6.92 Å². The van der Waals surface area contributed by atoms with Crippen molar-refractivity contribution in [2.45, 2.75) is 19.4 Å². The second-order valence-electron chi connectivity index (χ2n) is 6.17. The number of aromatic nitrogens is 2.